The van der Waals surface area contributed by atoms with Crippen LogP contribution in [0, 0.1) is 19.8 Å². The molecule has 0 aromatic carbocycles. The van der Waals surface area contributed by atoms with Gasteiger partial charge in [-0.15, -0.1) is 0 Å². The lowest BCUT2D eigenvalue weighted by atomic mass is 10.0. The molecule has 0 saturated carbocycles. The quantitative estimate of drug-likeness (QED) is 0.776. The van der Waals surface area contributed by atoms with Crippen molar-refractivity contribution in [2.24, 2.45) is 11.7 Å². The van der Waals surface area contributed by atoms with Gasteiger partial charge in [0.25, 0.3) is 0 Å². The molecule has 2 rings (SSSR count). The molecule has 0 fully saturated rings. The highest BCUT2D eigenvalue weighted by atomic mass is 16.5. The van der Waals surface area contributed by atoms with Gasteiger partial charge in [-0.05, 0) is 26.2 Å². The summed E-state index contributed by atoms with van der Waals surface area (Å²) in [5.41, 5.74) is 8.40. The number of hydrogen-bond donors (Lipinski definition) is 2. The minimum Gasteiger partial charge on any atom is -0.383 e. The van der Waals surface area contributed by atoms with Crippen LogP contribution in [-0.4, -0.2) is 35.4 Å². The SMILES string of the molecule is COCCn1nc(C)c(NC(=O)C[C@H]2C=C[C@@H](N)C2)c1C. The Morgan fingerprint density at radius 1 is 1.52 bits per heavy atom. The Balaban J connectivity index is 1.97. The van der Waals surface area contributed by atoms with Gasteiger partial charge in [0, 0.05) is 19.6 Å². The smallest absolute Gasteiger partial charge is 0.225 e. The van der Waals surface area contributed by atoms with Crippen molar-refractivity contribution in [3.05, 3.63) is 23.5 Å². The first-order chi connectivity index (χ1) is 10.0. The molecular weight excluding hydrogens is 268 g/mol. The maximum Gasteiger partial charge on any atom is 0.225 e. The third-order valence-electron chi connectivity index (χ3n) is 3.81. The Labute approximate surface area is 125 Å². The highest BCUT2D eigenvalue weighted by molar-refractivity contribution is 5.92. The highest BCUT2D eigenvalue weighted by Crippen LogP contribution is 2.23. The van der Waals surface area contributed by atoms with Gasteiger partial charge in [0.15, 0.2) is 0 Å². The lowest BCUT2D eigenvalue weighted by Gasteiger charge is -2.10. The second-order valence-electron chi connectivity index (χ2n) is 5.56. The van der Waals surface area contributed by atoms with Crippen molar-refractivity contribution < 1.29 is 9.53 Å². The number of aromatic nitrogens is 2. The molecule has 1 aliphatic carbocycles. The molecule has 1 aliphatic rings. The van der Waals surface area contributed by atoms with Crippen molar-refractivity contribution in [1.82, 2.24) is 9.78 Å². The first kappa shape index (κ1) is 15.7. The number of allylic oxidation sites excluding steroid dienone is 1. The molecule has 3 N–H and O–H groups in total. The van der Waals surface area contributed by atoms with Crippen molar-refractivity contribution in [2.45, 2.75) is 39.3 Å². The van der Waals surface area contributed by atoms with Gasteiger partial charge in [-0.1, -0.05) is 12.2 Å². The largest absolute Gasteiger partial charge is 0.383 e. The van der Waals surface area contributed by atoms with Gasteiger partial charge in [0.05, 0.1) is 30.2 Å². The van der Waals surface area contributed by atoms with Gasteiger partial charge >= 0.3 is 0 Å². The monoisotopic (exact) mass is 292 g/mol. The molecule has 21 heavy (non-hydrogen) atoms. The molecule has 1 aromatic heterocycles. The third kappa shape index (κ3) is 3.92. The molecule has 1 amide bonds. The number of carbonyl (C=O) groups is 1. The van der Waals surface area contributed by atoms with Crippen LogP contribution in [0.1, 0.15) is 24.2 Å². The highest BCUT2D eigenvalue weighted by Gasteiger charge is 2.20. The van der Waals surface area contributed by atoms with Crippen LogP contribution >= 0.6 is 0 Å². The molecular formula is C15H24N4O2. The van der Waals surface area contributed by atoms with Crippen LogP contribution < -0.4 is 11.1 Å². The van der Waals surface area contributed by atoms with Gasteiger partial charge in [-0.25, -0.2) is 0 Å². The molecule has 0 spiro atoms. The van der Waals surface area contributed by atoms with E-state index in [2.05, 4.69) is 10.4 Å². The number of methoxy groups -OCH3 is 1. The Kier molecular flexibility index (Phi) is 5.14. The van der Waals surface area contributed by atoms with Crippen LogP contribution in [0.3, 0.4) is 0 Å². The van der Waals surface area contributed by atoms with Gasteiger partial charge in [-0.2, -0.15) is 5.10 Å². The molecule has 2 atom stereocenters. The molecule has 0 unspecified atom stereocenters. The summed E-state index contributed by atoms with van der Waals surface area (Å²) in [6, 6.07) is 0.0862. The number of nitrogens with two attached hydrogens (primary N) is 1. The molecule has 0 aliphatic heterocycles. The van der Waals surface area contributed by atoms with E-state index in [-0.39, 0.29) is 17.9 Å². The van der Waals surface area contributed by atoms with Crippen LogP contribution in [0.15, 0.2) is 12.2 Å². The lowest BCUT2D eigenvalue weighted by molar-refractivity contribution is -0.116. The molecule has 0 saturated heterocycles. The molecule has 1 aromatic rings. The summed E-state index contributed by atoms with van der Waals surface area (Å²) >= 11 is 0. The standard InChI is InChI=1S/C15H24N4O2/c1-10-15(11(2)19(18-10)6-7-21-3)17-14(20)9-12-4-5-13(16)8-12/h4-5,12-13H,6-9,16H2,1-3H3,(H,17,20)/t12-,13+/m0/s1. The summed E-state index contributed by atoms with van der Waals surface area (Å²) in [5, 5.41) is 7.41. The molecule has 1 heterocycles. The van der Waals surface area contributed by atoms with Crippen LogP contribution in [0.2, 0.25) is 0 Å². The normalized spacial score (nSPS) is 21.0. The second-order valence-corrected chi connectivity index (χ2v) is 5.56. The Morgan fingerprint density at radius 2 is 2.29 bits per heavy atom. The van der Waals surface area contributed by atoms with Gasteiger partial charge < -0.3 is 15.8 Å². The van der Waals surface area contributed by atoms with Crippen molar-refractivity contribution in [3.63, 3.8) is 0 Å². The number of ether oxygens (including phenoxy) is 1. The topological polar surface area (TPSA) is 82.2 Å². The second kappa shape index (κ2) is 6.87. The number of nitrogens with one attached hydrogen (secondary N) is 1. The van der Waals surface area contributed by atoms with E-state index in [1.165, 1.54) is 0 Å². The first-order valence-corrected chi connectivity index (χ1v) is 7.28. The van der Waals surface area contributed by atoms with Crippen molar-refractivity contribution >= 4 is 11.6 Å². The Bertz CT molecular complexity index is 536. The van der Waals surface area contributed by atoms with Crippen molar-refractivity contribution in [2.75, 3.05) is 19.0 Å². The number of aryl methyl sites for hydroxylation is 1. The van der Waals surface area contributed by atoms with Gasteiger partial charge in [0.1, 0.15) is 0 Å². The Hall–Kier alpha value is -1.66. The number of carbonyl (C=O) groups excluding carboxylic acids is 1. The van der Waals surface area contributed by atoms with E-state index in [0.717, 1.165) is 23.5 Å². The fourth-order valence-corrected chi connectivity index (χ4v) is 2.66. The van der Waals surface area contributed by atoms with E-state index in [0.29, 0.717) is 19.6 Å². The van der Waals surface area contributed by atoms with E-state index in [1.54, 1.807) is 7.11 Å². The number of hydrogen-bond acceptors (Lipinski definition) is 4. The number of anilines is 1. The fraction of sp³-hybridized carbons (Fsp3) is 0.600. The van der Waals surface area contributed by atoms with E-state index in [1.807, 2.05) is 30.7 Å². The van der Waals surface area contributed by atoms with Crippen LogP contribution in [0.5, 0.6) is 0 Å². The van der Waals surface area contributed by atoms with Crippen LogP contribution in [0.25, 0.3) is 0 Å². The van der Waals surface area contributed by atoms with Gasteiger partial charge in [0.2, 0.25) is 5.91 Å². The maximum absolute atomic E-state index is 12.2. The first-order valence-electron chi connectivity index (χ1n) is 7.28. The fourth-order valence-electron chi connectivity index (χ4n) is 2.66. The summed E-state index contributed by atoms with van der Waals surface area (Å²) in [7, 11) is 1.66. The predicted molar refractivity (Wildman–Crippen MR) is 82.0 cm³/mol. The summed E-state index contributed by atoms with van der Waals surface area (Å²) in [4.78, 5) is 12.2. The van der Waals surface area contributed by atoms with Crippen molar-refractivity contribution in [3.8, 4) is 0 Å². The number of rotatable bonds is 6. The maximum atomic E-state index is 12.2. The van der Waals surface area contributed by atoms with E-state index in [4.69, 9.17) is 10.5 Å². The summed E-state index contributed by atoms with van der Waals surface area (Å²) < 4.78 is 6.92. The lowest BCUT2D eigenvalue weighted by Crippen LogP contribution is -2.19. The van der Waals surface area contributed by atoms with Crippen LogP contribution in [-0.2, 0) is 16.1 Å². The summed E-state index contributed by atoms with van der Waals surface area (Å²) in [6.45, 7) is 5.13. The van der Waals surface area contributed by atoms with E-state index in [9.17, 15) is 4.79 Å². The number of amides is 1. The molecule has 116 valence electrons. The average molecular weight is 292 g/mol. The van der Waals surface area contributed by atoms with Crippen molar-refractivity contribution in [1.29, 1.82) is 0 Å². The summed E-state index contributed by atoms with van der Waals surface area (Å²) in [6.07, 6.45) is 5.31. The molecule has 6 nitrogen and oxygen atoms in total. The Morgan fingerprint density at radius 3 is 2.90 bits per heavy atom. The zero-order valence-corrected chi connectivity index (χ0v) is 12.9. The molecule has 0 radical (unpaired) electrons. The minimum absolute atomic E-state index is 0.0104. The summed E-state index contributed by atoms with van der Waals surface area (Å²) in [5.74, 6) is 0.250. The molecule has 0 bridgehead atoms. The van der Waals surface area contributed by atoms with Crippen LogP contribution in [0.4, 0.5) is 5.69 Å². The zero-order valence-electron chi connectivity index (χ0n) is 12.9. The van der Waals surface area contributed by atoms with E-state index < -0.39 is 0 Å². The minimum atomic E-state index is 0.0104. The predicted octanol–water partition coefficient (Wildman–Crippen LogP) is 1.38. The van der Waals surface area contributed by atoms with E-state index >= 15 is 0 Å². The zero-order chi connectivity index (χ0) is 15.4. The average Bonchev–Trinajstić information content (AvgIpc) is 2.95. The number of nitrogens with zero attached hydrogens (tertiary/aromatic N) is 2. The third-order valence-corrected chi connectivity index (χ3v) is 3.81. The molecule has 6 heteroatoms. The van der Waals surface area contributed by atoms with Gasteiger partial charge in [-0.3, -0.25) is 9.48 Å².